The summed E-state index contributed by atoms with van der Waals surface area (Å²) in [5, 5.41) is 3.60. The first-order chi connectivity index (χ1) is 8.02. The summed E-state index contributed by atoms with van der Waals surface area (Å²) in [5.74, 6) is -0.363. The number of rotatable bonds is 6. The molecule has 0 aliphatic heterocycles. The maximum atomic E-state index is 13.4. The Morgan fingerprint density at radius 2 is 2.24 bits per heavy atom. The summed E-state index contributed by atoms with van der Waals surface area (Å²) >= 11 is 5.77. The van der Waals surface area contributed by atoms with Crippen molar-refractivity contribution >= 4 is 17.4 Å². The van der Waals surface area contributed by atoms with Crippen LogP contribution in [0.1, 0.15) is 25.8 Å². The summed E-state index contributed by atoms with van der Waals surface area (Å²) in [6.07, 6.45) is 0.502. The molecule has 0 saturated heterocycles. The van der Waals surface area contributed by atoms with Crippen LogP contribution in [0.15, 0.2) is 18.2 Å². The molecule has 1 rings (SSSR count). The predicted molar refractivity (Wildman–Crippen MR) is 67.9 cm³/mol. The van der Waals surface area contributed by atoms with Gasteiger partial charge in [0, 0.05) is 23.9 Å². The molecule has 0 aliphatic rings. The first-order valence-corrected chi connectivity index (χ1v) is 6.09. The van der Waals surface area contributed by atoms with Gasteiger partial charge in [-0.25, -0.2) is 4.39 Å². The van der Waals surface area contributed by atoms with Crippen LogP contribution in [0.2, 0.25) is 5.02 Å². The number of carbonyl (C=O) groups is 1. The van der Waals surface area contributed by atoms with Gasteiger partial charge in [0.05, 0.1) is 0 Å². The van der Waals surface area contributed by atoms with Gasteiger partial charge in [0.15, 0.2) is 0 Å². The van der Waals surface area contributed by atoms with Gasteiger partial charge >= 0.3 is 0 Å². The van der Waals surface area contributed by atoms with Crippen LogP contribution in [0.5, 0.6) is 0 Å². The van der Waals surface area contributed by atoms with Gasteiger partial charge in [0.2, 0.25) is 0 Å². The normalized spacial score (nSPS) is 12.5. The van der Waals surface area contributed by atoms with Crippen molar-refractivity contribution in [1.29, 1.82) is 0 Å². The van der Waals surface area contributed by atoms with Crippen molar-refractivity contribution < 1.29 is 9.18 Å². The topological polar surface area (TPSA) is 29.1 Å². The van der Waals surface area contributed by atoms with Gasteiger partial charge in [0.25, 0.3) is 0 Å². The Morgan fingerprint density at radius 3 is 2.88 bits per heavy atom. The number of ketones is 1. The van der Waals surface area contributed by atoms with E-state index in [1.165, 1.54) is 18.2 Å². The van der Waals surface area contributed by atoms with Gasteiger partial charge in [0.1, 0.15) is 11.6 Å². The highest BCUT2D eigenvalue weighted by Gasteiger charge is 2.11. The third-order valence-electron chi connectivity index (χ3n) is 2.48. The second-order valence-electron chi connectivity index (χ2n) is 4.11. The molecule has 0 spiro atoms. The lowest BCUT2D eigenvalue weighted by Crippen LogP contribution is -2.28. The summed E-state index contributed by atoms with van der Waals surface area (Å²) in [7, 11) is 0. The monoisotopic (exact) mass is 257 g/mol. The summed E-state index contributed by atoms with van der Waals surface area (Å²) < 4.78 is 13.4. The number of Topliss-reactive ketones (excluding diaryl/α,β-unsaturated/α-hetero) is 1. The van der Waals surface area contributed by atoms with Crippen molar-refractivity contribution in [2.75, 3.05) is 6.54 Å². The zero-order chi connectivity index (χ0) is 12.8. The molecule has 0 bridgehead atoms. The van der Waals surface area contributed by atoms with E-state index in [4.69, 9.17) is 11.6 Å². The van der Waals surface area contributed by atoms with Gasteiger partial charge < -0.3 is 5.32 Å². The van der Waals surface area contributed by atoms with Crippen LogP contribution in [0.4, 0.5) is 4.39 Å². The van der Waals surface area contributed by atoms with E-state index in [0.29, 0.717) is 17.0 Å². The molecule has 0 fully saturated rings. The molecule has 4 heteroatoms. The Balaban J connectivity index is 2.58. The van der Waals surface area contributed by atoms with E-state index in [-0.39, 0.29) is 24.1 Å². The molecule has 2 nitrogen and oxygen atoms in total. The van der Waals surface area contributed by atoms with Gasteiger partial charge in [-0.15, -0.1) is 0 Å². The van der Waals surface area contributed by atoms with Gasteiger partial charge in [-0.05, 0) is 37.2 Å². The average Bonchev–Trinajstić information content (AvgIpc) is 2.23. The fourth-order valence-electron chi connectivity index (χ4n) is 1.73. The molecule has 0 aliphatic carbocycles. The van der Waals surface area contributed by atoms with E-state index >= 15 is 0 Å². The molecule has 0 amide bonds. The van der Waals surface area contributed by atoms with Gasteiger partial charge in [-0.2, -0.15) is 0 Å². The average molecular weight is 258 g/mol. The quantitative estimate of drug-likeness (QED) is 0.849. The maximum Gasteiger partial charge on any atom is 0.138 e. The van der Waals surface area contributed by atoms with Gasteiger partial charge in [-0.1, -0.05) is 18.5 Å². The van der Waals surface area contributed by atoms with Crippen molar-refractivity contribution in [3.05, 3.63) is 34.6 Å². The minimum atomic E-state index is -0.376. The Morgan fingerprint density at radius 1 is 1.53 bits per heavy atom. The van der Waals surface area contributed by atoms with E-state index < -0.39 is 0 Å². The molecule has 0 aromatic heterocycles. The second-order valence-corrected chi connectivity index (χ2v) is 4.55. The van der Waals surface area contributed by atoms with Crippen LogP contribution < -0.4 is 5.32 Å². The van der Waals surface area contributed by atoms with E-state index in [1.54, 1.807) is 0 Å². The first kappa shape index (κ1) is 14.1. The zero-order valence-corrected chi connectivity index (χ0v) is 10.9. The highest BCUT2D eigenvalue weighted by molar-refractivity contribution is 6.30. The van der Waals surface area contributed by atoms with Crippen LogP contribution in [-0.4, -0.2) is 18.4 Å². The standard InChI is InChI=1S/C13H17ClFNO/c1-3-16-9(2)6-12(17)8-10-7-11(14)4-5-13(10)15/h4-5,7,9,16H,3,6,8H2,1-2H3. The fourth-order valence-corrected chi connectivity index (χ4v) is 1.92. The molecular formula is C13H17ClFNO. The lowest BCUT2D eigenvalue weighted by atomic mass is 10.0. The third kappa shape index (κ3) is 4.84. The lowest BCUT2D eigenvalue weighted by molar-refractivity contribution is -0.118. The molecular weight excluding hydrogens is 241 g/mol. The van der Waals surface area contributed by atoms with Crippen molar-refractivity contribution in [3.8, 4) is 0 Å². The van der Waals surface area contributed by atoms with Crippen molar-refractivity contribution in [2.45, 2.75) is 32.7 Å². The van der Waals surface area contributed by atoms with E-state index in [0.717, 1.165) is 6.54 Å². The first-order valence-electron chi connectivity index (χ1n) is 5.72. The third-order valence-corrected chi connectivity index (χ3v) is 2.72. The molecule has 17 heavy (non-hydrogen) atoms. The molecule has 1 aromatic rings. The van der Waals surface area contributed by atoms with E-state index in [1.807, 2.05) is 13.8 Å². The smallest absolute Gasteiger partial charge is 0.138 e. The molecule has 0 heterocycles. The zero-order valence-electron chi connectivity index (χ0n) is 10.1. The molecule has 1 N–H and O–H groups in total. The lowest BCUT2D eigenvalue weighted by Gasteiger charge is -2.11. The molecule has 1 aromatic carbocycles. The number of benzene rings is 1. The van der Waals surface area contributed by atoms with Crippen LogP contribution in [0, 0.1) is 5.82 Å². The number of hydrogen-bond donors (Lipinski definition) is 1. The highest BCUT2D eigenvalue weighted by atomic mass is 35.5. The van der Waals surface area contributed by atoms with Crippen LogP contribution in [-0.2, 0) is 11.2 Å². The molecule has 0 saturated carbocycles. The number of halogens is 2. The summed E-state index contributed by atoms with van der Waals surface area (Å²) in [6, 6.07) is 4.40. The summed E-state index contributed by atoms with van der Waals surface area (Å²) in [4.78, 5) is 11.7. The molecule has 1 atom stereocenters. The van der Waals surface area contributed by atoms with E-state index in [2.05, 4.69) is 5.32 Å². The Labute approximate surface area is 106 Å². The number of nitrogens with one attached hydrogen (secondary N) is 1. The Kier molecular flexibility index (Phi) is 5.59. The highest BCUT2D eigenvalue weighted by Crippen LogP contribution is 2.16. The van der Waals surface area contributed by atoms with Crippen LogP contribution >= 0.6 is 11.6 Å². The molecule has 1 unspecified atom stereocenters. The maximum absolute atomic E-state index is 13.4. The Hall–Kier alpha value is -0.930. The largest absolute Gasteiger partial charge is 0.314 e. The molecule has 0 radical (unpaired) electrons. The van der Waals surface area contributed by atoms with Crippen molar-refractivity contribution in [3.63, 3.8) is 0 Å². The van der Waals surface area contributed by atoms with Crippen molar-refractivity contribution in [1.82, 2.24) is 5.32 Å². The SMILES string of the molecule is CCNC(C)CC(=O)Cc1cc(Cl)ccc1F. The molecule has 94 valence electrons. The number of hydrogen-bond acceptors (Lipinski definition) is 2. The van der Waals surface area contributed by atoms with Crippen molar-refractivity contribution in [2.24, 2.45) is 0 Å². The van der Waals surface area contributed by atoms with Gasteiger partial charge in [-0.3, -0.25) is 4.79 Å². The number of carbonyl (C=O) groups excluding carboxylic acids is 1. The summed E-state index contributed by atoms with van der Waals surface area (Å²) in [6.45, 7) is 4.74. The van der Waals surface area contributed by atoms with Crippen LogP contribution in [0.3, 0.4) is 0 Å². The van der Waals surface area contributed by atoms with E-state index in [9.17, 15) is 9.18 Å². The fraction of sp³-hybridized carbons (Fsp3) is 0.462. The summed E-state index contributed by atoms with van der Waals surface area (Å²) in [5.41, 5.74) is 0.367. The second kappa shape index (κ2) is 6.72. The minimum Gasteiger partial charge on any atom is -0.314 e. The Bertz CT molecular complexity index is 395. The minimum absolute atomic E-state index is 0.0135. The predicted octanol–water partition coefficient (Wildman–Crippen LogP) is 2.98. The van der Waals surface area contributed by atoms with Crippen LogP contribution in [0.25, 0.3) is 0 Å².